The lowest BCUT2D eigenvalue weighted by molar-refractivity contribution is 0.136. The third-order valence-corrected chi connectivity index (χ3v) is 6.08. The molecule has 2 aromatic heterocycles. The molecule has 7 heteroatoms. The maximum absolute atomic E-state index is 14.7. The first-order chi connectivity index (χ1) is 15.5. The highest BCUT2D eigenvalue weighted by molar-refractivity contribution is 5.69. The van der Waals surface area contributed by atoms with Gasteiger partial charge >= 0.3 is 0 Å². The van der Waals surface area contributed by atoms with E-state index < -0.39 is 0 Å². The number of anilines is 1. The Kier molecular flexibility index (Phi) is 6.65. The van der Waals surface area contributed by atoms with E-state index in [2.05, 4.69) is 21.8 Å². The number of rotatable bonds is 6. The fraction of sp³-hybridized carbons (Fsp3) is 0.400. The Labute approximate surface area is 189 Å². The Morgan fingerprint density at radius 3 is 2.72 bits per heavy atom. The summed E-state index contributed by atoms with van der Waals surface area (Å²) in [6.45, 7) is 3.47. The van der Waals surface area contributed by atoms with E-state index in [0.717, 1.165) is 48.2 Å². The number of hydrogen-bond donors (Lipinski definition) is 0. The van der Waals surface area contributed by atoms with Crippen molar-refractivity contribution in [1.29, 1.82) is 0 Å². The molecule has 1 atom stereocenters. The molecule has 0 amide bonds. The first kappa shape index (κ1) is 22.1. The van der Waals surface area contributed by atoms with Crippen LogP contribution in [0.2, 0.25) is 0 Å². The number of piperidine rings is 1. The molecule has 1 fully saturated rings. The molecule has 0 spiro atoms. The normalized spacial score (nSPS) is 16.7. The van der Waals surface area contributed by atoms with E-state index in [9.17, 15) is 4.39 Å². The highest BCUT2D eigenvalue weighted by atomic mass is 19.1. The Bertz CT molecular complexity index is 1090. The molecule has 0 unspecified atom stereocenters. The van der Waals surface area contributed by atoms with Crippen LogP contribution in [0.3, 0.4) is 0 Å². The first-order valence-corrected chi connectivity index (χ1v) is 11.0. The van der Waals surface area contributed by atoms with Gasteiger partial charge in [0.2, 0.25) is 5.95 Å². The number of nitrogens with zero attached hydrogens (tertiary/aromatic N) is 5. The van der Waals surface area contributed by atoms with Crippen LogP contribution in [0.5, 0.6) is 5.75 Å². The molecule has 168 valence electrons. The largest absolute Gasteiger partial charge is 0.497 e. The lowest BCUT2D eigenvalue weighted by Crippen LogP contribution is -2.34. The van der Waals surface area contributed by atoms with E-state index in [1.807, 2.05) is 49.6 Å². The molecule has 0 N–H and O–H groups in total. The number of aryl methyl sites for hydroxylation is 1. The van der Waals surface area contributed by atoms with Crippen molar-refractivity contribution in [2.45, 2.75) is 38.8 Å². The maximum Gasteiger partial charge on any atom is 0.225 e. The minimum absolute atomic E-state index is 0.0783. The molecule has 1 aliphatic rings. The van der Waals surface area contributed by atoms with E-state index in [1.54, 1.807) is 13.3 Å². The summed E-state index contributed by atoms with van der Waals surface area (Å²) < 4.78 is 19.9. The summed E-state index contributed by atoms with van der Waals surface area (Å²) in [6.07, 6.45) is 8.76. The molecule has 32 heavy (non-hydrogen) atoms. The smallest absolute Gasteiger partial charge is 0.225 e. The molecule has 1 aromatic carbocycles. The number of likely N-dealkylation sites (tertiary alicyclic amines) is 1. The summed E-state index contributed by atoms with van der Waals surface area (Å²) in [5.41, 5.74) is 4.84. The summed E-state index contributed by atoms with van der Waals surface area (Å²) in [4.78, 5) is 18.1. The van der Waals surface area contributed by atoms with Crippen LogP contribution >= 0.6 is 0 Å². The van der Waals surface area contributed by atoms with E-state index in [0.29, 0.717) is 23.8 Å². The zero-order valence-corrected chi connectivity index (χ0v) is 19.2. The number of methoxy groups -OCH3 is 1. The van der Waals surface area contributed by atoms with E-state index in [4.69, 9.17) is 9.72 Å². The van der Waals surface area contributed by atoms with Crippen LogP contribution in [0, 0.1) is 12.7 Å². The van der Waals surface area contributed by atoms with Gasteiger partial charge in [0.15, 0.2) is 0 Å². The lowest BCUT2D eigenvalue weighted by atomic mass is 9.92. The summed E-state index contributed by atoms with van der Waals surface area (Å²) in [7, 11) is 5.44. The molecule has 0 radical (unpaired) electrons. The van der Waals surface area contributed by atoms with Crippen LogP contribution in [-0.2, 0) is 6.54 Å². The Morgan fingerprint density at radius 2 is 2.00 bits per heavy atom. The van der Waals surface area contributed by atoms with Gasteiger partial charge in [-0.2, -0.15) is 0 Å². The van der Waals surface area contributed by atoms with Crippen molar-refractivity contribution in [2.24, 2.45) is 0 Å². The molecule has 4 rings (SSSR count). The van der Waals surface area contributed by atoms with Crippen LogP contribution in [0.15, 0.2) is 42.9 Å². The van der Waals surface area contributed by atoms with Gasteiger partial charge in [0.05, 0.1) is 18.8 Å². The SMILES string of the molecule is COc1ccc(CN2CCCC[C@H]2c2nc(N(C)C)ncc2-c2ccncc2C)c(F)c1. The molecule has 6 nitrogen and oxygen atoms in total. The van der Waals surface area contributed by atoms with Gasteiger partial charge in [0.1, 0.15) is 11.6 Å². The predicted molar refractivity (Wildman–Crippen MR) is 124 cm³/mol. The Balaban J connectivity index is 1.75. The second-order valence-electron chi connectivity index (χ2n) is 8.49. The molecule has 1 saturated heterocycles. The van der Waals surface area contributed by atoms with Gasteiger partial charge in [-0.25, -0.2) is 14.4 Å². The number of aromatic nitrogens is 3. The molecule has 0 aliphatic carbocycles. The standard InChI is InChI=1S/C25H30FN5O/c1-17-14-27-11-10-20(17)21-15-28-25(30(2)3)29-24(21)23-7-5-6-12-31(23)16-18-8-9-19(32-4)13-22(18)26/h8-11,13-15,23H,5-7,12,16H2,1-4H3/t23-/m0/s1. The summed E-state index contributed by atoms with van der Waals surface area (Å²) in [6, 6.07) is 7.18. The van der Waals surface area contributed by atoms with Crippen molar-refractivity contribution in [3.8, 4) is 16.9 Å². The maximum atomic E-state index is 14.7. The van der Waals surface area contributed by atoms with Gasteiger partial charge in [-0.05, 0) is 49.6 Å². The minimum atomic E-state index is -0.240. The Hall–Kier alpha value is -3.06. The minimum Gasteiger partial charge on any atom is -0.497 e. The summed E-state index contributed by atoms with van der Waals surface area (Å²) in [5.74, 6) is 0.968. The fourth-order valence-corrected chi connectivity index (χ4v) is 4.33. The quantitative estimate of drug-likeness (QED) is 0.555. The highest BCUT2D eigenvalue weighted by Gasteiger charge is 2.29. The van der Waals surface area contributed by atoms with Gasteiger partial charge in [-0.15, -0.1) is 0 Å². The first-order valence-electron chi connectivity index (χ1n) is 11.0. The van der Waals surface area contributed by atoms with Gasteiger partial charge < -0.3 is 9.64 Å². The zero-order valence-electron chi connectivity index (χ0n) is 19.2. The Morgan fingerprint density at radius 1 is 1.16 bits per heavy atom. The van der Waals surface area contributed by atoms with Crippen molar-refractivity contribution in [2.75, 3.05) is 32.6 Å². The second kappa shape index (κ2) is 9.61. The third-order valence-electron chi connectivity index (χ3n) is 6.08. The van der Waals surface area contributed by atoms with Crippen molar-refractivity contribution in [3.05, 3.63) is 65.5 Å². The number of hydrogen-bond acceptors (Lipinski definition) is 6. The van der Waals surface area contributed by atoms with Gasteiger partial charge in [-0.1, -0.05) is 12.5 Å². The highest BCUT2D eigenvalue weighted by Crippen LogP contribution is 2.38. The van der Waals surface area contributed by atoms with Gasteiger partial charge in [0, 0.05) is 56.4 Å². The third kappa shape index (κ3) is 4.58. The second-order valence-corrected chi connectivity index (χ2v) is 8.49. The fourth-order valence-electron chi connectivity index (χ4n) is 4.33. The van der Waals surface area contributed by atoms with E-state index in [-0.39, 0.29) is 11.9 Å². The molecule has 3 heterocycles. The molecule has 0 saturated carbocycles. The van der Waals surface area contributed by atoms with Crippen molar-refractivity contribution in [3.63, 3.8) is 0 Å². The number of pyridine rings is 1. The topological polar surface area (TPSA) is 54.4 Å². The number of halogens is 1. The summed E-state index contributed by atoms with van der Waals surface area (Å²) in [5, 5.41) is 0. The van der Waals surface area contributed by atoms with Gasteiger partial charge in [-0.3, -0.25) is 9.88 Å². The summed E-state index contributed by atoms with van der Waals surface area (Å²) >= 11 is 0. The lowest BCUT2D eigenvalue weighted by Gasteiger charge is -2.36. The van der Waals surface area contributed by atoms with Crippen molar-refractivity contribution in [1.82, 2.24) is 19.9 Å². The average Bonchev–Trinajstić information content (AvgIpc) is 2.80. The van der Waals surface area contributed by atoms with Crippen LogP contribution in [0.4, 0.5) is 10.3 Å². The zero-order chi connectivity index (χ0) is 22.7. The van der Waals surface area contributed by atoms with E-state index >= 15 is 0 Å². The average molecular weight is 436 g/mol. The molecular formula is C25H30FN5O. The predicted octanol–water partition coefficient (Wildman–Crippen LogP) is 4.79. The number of benzene rings is 1. The monoisotopic (exact) mass is 435 g/mol. The van der Waals surface area contributed by atoms with Crippen molar-refractivity contribution >= 4 is 5.95 Å². The van der Waals surface area contributed by atoms with Crippen LogP contribution in [-0.4, -0.2) is 47.6 Å². The van der Waals surface area contributed by atoms with Crippen LogP contribution in [0.1, 0.15) is 42.1 Å². The van der Waals surface area contributed by atoms with E-state index in [1.165, 1.54) is 6.07 Å². The van der Waals surface area contributed by atoms with Gasteiger partial charge in [0.25, 0.3) is 0 Å². The van der Waals surface area contributed by atoms with Crippen LogP contribution in [0.25, 0.3) is 11.1 Å². The number of ether oxygens (including phenoxy) is 1. The van der Waals surface area contributed by atoms with Crippen molar-refractivity contribution < 1.29 is 9.13 Å². The molecule has 0 bridgehead atoms. The van der Waals surface area contributed by atoms with Crippen LogP contribution < -0.4 is 9.64 Å². The molecular weight excluding hydrogens is 405 g/mol. The molecule has 1 aliphatic heterocycles. The molecule has 3 aromatic rings.